The van der Waals surface area contributed by atoms with Crippen LogP contribution in [0.25, 0.3) is 0 Å². The number of halogens is 1. The van der Waals surface area contributed by atoms with Crippen LogP contribution in [-0.2, 0) is 17.1 Å². The summed E-state index contributed by atoms with van der Waals surface area (Å²) < 4.78 is 28.8. The van der Waals surface area contributed by atoms with Crippen molar-refractivity contribution in [2.45, 2.75) is 30.8 Å². The number of carbonyl (C=O) groups is 1. The van der Waals surface area contributed by atoms with Crippen LogP contribution in [0.15, 0.2) is 17.2 Å². The van der Waals surface area contributed by atoms with Gasteiger partial charge < -0.3 is 20.3 Å². The van der Waals surface area contributed by atoms with Crippen molar-refractivity contribution in [1.29, 1.82) is 0 Å². The molecule has 8 nitrogen and oxygen atoms in total. The van der Waals surface area contributed by atoms with E-state index in [4.69, 9.17) is 0 Å². The van der Waals surface area contributed by atoms with Gasteiger partial charge in [-0.05, 0) is 24.8 Å². The van der Waals surface area contributed by atoms with Crippen molar-refractivity contribution in [2.75, 3.05) is 32.7 Å². The molecule has 2 aliphatic heterocycles. The number of rotatable bonds is 5. The molecule has 3 atom stereocenters. The van der Waals surface area contributed by atoms with Crippen LogP contribution >= 0.6 is 12.4 Å². The Balaban J connectivity index is 0.00000261. The van der Waals surface area contributed by atoms with Gasteiger partial charge in [0, 0.05) is 51.9 Å². The number of β-amino-alcohol motifs (C(OH)–C–C–N with tert-alkyl or cyclic N) is 1. The summed E-state index contributed by atoms with van der Waals surface area (Å²) in [5.41, 5.74) is 0.300. The zero-order chi connectivity index (χ0) is 18.9. The highest BCUT2D eigenvalue weighted by atomic mass is 35.5. The summed E-state index contributed by atoms with van der Waals surface area (Å²) in [7, 11) is -1.92. The van der Waals surface area contributed by atoms with Crippen molar-refractivity contribution in [3.8, 4) is 0 Å². The lowest BCUT2D eigenvalue weighted by molar-refractivity contribution is 0.0919. The van der Waals surface area contributed by atoms with Gasteiger partial charge in [-0.2, -0.15) is 4.31 Å². The highest BCUT2D eigenvalue weighted by Gasteiger charge is 2.31. The number of aliphatic hydroxyl groups is 1. The van der Waals surface area contributed by atoms with Crippen LogP contribution in [0.2, 0.25) is 0 Å². The summed E-state index contributed by atoms with van der Waals surface area (Å²) in [6, 6.07) is 1.44. The molecule has 3 rings (SSSR count). The number of piperidine rings is 1. The molecule has 1 aromatic heterocycles. The Labute approximate surface area is 166 Å². The highest BCUT2D eigenvalue weighted by Crippen LogP contribution is 2.24. The minimum absolute atomic E-state index is 0. The molecule has 27 heavy (non-hydrogen) atoms. The number of nitrogens with one attached hydrogen (secondary N) is 2. The molecular weight excluding hydrogens is 392 g/mol. The summed E-state index contributed by atoms with van der Waals surface area (Å²) in [6.07, 6.45) is 2.92. The summed E-state index contributed by atoms with van der Waals surface area (Å²) in [5, 5.41) is 15.7. The third kappa shape index (κ3) is 4.83. The monoisotopic (exact) mass is 420 g/mol. The third-order valence-electron chi connectivity index (χ3n) is 5.30. The number of sulfonamides is 1. The largest absolute Gasteiger partial charge is 0.391 e. The van der Waals surface area contributed by atoms with Gasteiger partial charge in [0.05, 0.1) is 6.10 Å². The van der Waals surface area contributed by atoms with Crippen LogP contribution < -0.4 is 10.6 Å². The van der Waals surface area contributed by atoms with Gasteiger partial charge in [-0.25, -0.2) is 8.42 Å². The van der Waals surface area contributed by atoms with E-state index in [1.807, 2.05) is 0 Å². The number of amides is 1. The average Bonchev–Trinajstić information content (AvgIpc) is 3.19. The van der Waals surface area contributed by atoms with Gasteiger partial charge in [0.2, 0.25) is 10.0 Å². The van der Waals surface area contributed by atoms with Crippen molar-refractivity contribution in [1.82, 2.24) is 19.5 Å². The van der Waals surface area contributed by atoms with Crippen molar-refractivity contribution >= 4 is 28.3 Å². The summed E-state index contributed by atoms with van der Waals surface area (Å²) >= 11 is 0. The molecule has 154 valence electrons. The van der Waals surface area contributed by atoms with E-state index in [9.17, 15) is 18.3 Å². The van der Waals surface area contributed by atoms with Crippen LogP contribution in [0.5, 0.6) is 0 Å². The first kappa shape index (κ1) is 22.2. The number of carbonyl (C=O) groups excluding carboxylic acids is 1. The Morgan fingerprint density at radius 3 is 2.78 bits per heavy atom. The molecule has 3 unspecified atom stereocenters. The highest BCUT2D eigenvalue weighted by molar-refractivity contribution is 7.89. The van der Waals surface area contributed by atoms with Gasteiger partial charge in [0.15, 0.2) is 0 Å². The van der Waals surface area contributed by atoms with E-state index in [2.05, 4.69) is 17.6 Å². The summed E-state index contributed by atoms with van der Waals surface area (Å²) in [6.45, 7) is 4.63. The molecule has 2 aliphatic rings. The molecule has 10 heteroatoms. The predicted octanol–water partition coefficient (Wildman–Crippen LogP) is 0.178. The molecule has 0 saturated carbocycles. The van der Waals surface area contributed by atoms with Gasteiger partial charge in [-0.15, -0.1) is 12.4 Å². The zero-order valence-corrected chi connectivity index (χ0v) is 17.4. The molecule has 3 N–H and O–H groups in total. The second kappa shape index (κ2) is 8.91. The van der Waals surface area contributed by atoms with E-state index in [0.29, 0.717) is 44.3 Å². The van der Waals surface area contributed by atoms with Gasteiger partial charge >= 0.3 is 0 Å². The van der Waals surface area contributed by atoms with E-state index >= 15 is 0 Å². The second-order valence-corrected chi connectivity index (χ2v) is 9.42. The number of hydrogen-bond donors (Lipinski definition) is 3. The first-order valence-corrected chi connectivity index (χ1v) is 10.6. The molecule has 0 bridgehead atoms. The van der Waals surface area contributed by atoms with E-state index in [-0.39, 0.29) is 29.1 Å². The lowest BCUT2D eigenvalue weighted by Crippen LogP contribution is -2.38. The number of nitrogens with zero attached hydrogens (tertiary/aromatic N) is 2. The fourth-order valence-electron chi connectivity index (χ4n) is 3.66. The molecule has 2 saturated heterocycles. The minimum atomic E-state index is -3.59. The zero-order valence-electron chi connectivity index (χ0n) is 15.7. The SMILES string of the molecule is CC1CCCN(S(=O)(=O)c2cc(C(=O)NCC3CNCC3O)n(C)c2)C1.Cl. The van der Waals surface area contributed by atoms with Crippen LogP contribution in [0.4, 0.5) is 0 Å². The van der Waals surface area contributed by atoms with Crippen molar-refractivity contribution in [3.63, 3.8) is 0 Å². The third-order valence-corrected chi connectivity index (χ3v) is 7.13. The van der Waals surface area contributed by atoms with Gasteiger partial charge in [-0.1, -0.05) is 6.92 Å². The molecule has 3 heterocycles. The van der Waals surface area contributed by atoms with Gasteiger partial charge in [0.25, 0.3) is 5.91 Å². The van der Waals surface area contributed by atoms with Crippen molar-refractivity contribution < 1.29 is 18.3 Å². The van der Waals surface area contributed by atoms with Crippen LogP contribution in [0, 0.1) is 11.8 Å². The summed E-state index contributed by atoms with van der Waals surface area (Å²) in [5.74, 6) is -0.0197. The fraction of sp³-hybridized carbons (Fsp3) is 0.706. The number of hydrogen-bond acceptors (Lipinski definition) is 5. The van der Waals surface area contributed by atoms with Crippen LogP contribution in [0.1, 0.15) is 30.3 Å². The normalized spacial score (nSPS) is 26.6. The van der Waals surface area contributed by atoms with E-state index in [1.165, 1.54) is 16.6 Å². The fourth-order valence-corrected chi connectivity index (χ4v) is 5.33. The molecule has 0 spiro atoms. The number of aromatic nitrogens is 1. The molecule has 0 aliphatic carbocycles. The minimum Gasteiger partial charge on any atom is -0.391 e. The Hall–Kier alpha value is -1.13. The molecular formula is C17H29ClN4O4S. The Bertz CT molecular complexity index is 767. The summed E-state index contributed by atoms with van der Waals surface area (Å²) in [4.78, 5) is 12.6. The lowest BCUT2D eigenvalue weighted by Gasteiger charge is -2.29. The predicted molar refractivity (Wildman–Crippen MR) is 105 cm³/mol. The lowest BCUT2D eigenvalue weighted by atomic mass is 10.0. The standard InChI is InChI=1S/C17H28N4O4S.ClH/c1-12-4-3-5-21(10-12)26(24,25)14-6-15(20(2)11-14)17(23)19-8-13-7-18-9-16(13)22;/h6,11-13,16,18,22H,3-5,7-10H2,1-2H3,(H,19,23);1H. The maximum absolute atomic E-state index is 12.9. The molecule has 0 aromatic carbocycles. The Morgan fingerprint density at radius 1 is 1.41 bits per heavy atom. The molecule has 1 amide bonds. The average molecular weight is 421 g/mol. The van der Waals surface area contributed by atoms with Gasteiger partial charge in [0.1, 0.15) is 10.6 Å². The second-order valence-electron chi connectivity index (χ2n) is 7.48. The quantitative estimate of drug-likeness (QED) is 0.630. The van der Waals surface area contributed by atoms with E-state index < -0.39 is 16.1 Å². The maximum Gasteiger partial charge on any atom is 0.267 e. The maximum atomic E-state index is 12.9. The first-order chi connectivity index (χ1) is 12.3. The number of aliphatic hydroxyl groups excluding tert-OH is 1. The van der Waals surface area contributed by atoms with Crippen LogP contribution in [0.3, 0.4) is 0 Å². The smallest absolute Gasteiger partial charge is 0.267 e. The molecule has 2 fully saturated rings. The Morgan fingerprint density at radius 2 is 2.15 bits per heavy atom. The van der Waals surface area contributed by atoms with Crippen molar-refractivity contribution in [3.05, 3.63) is 18.0 Å². The topological polar surface area (TPSA) is 104 Å². The van der Waals surface area contributed by atoms with Crippen molar-refractivity contribution in [2.24, 2.45) is 18.9 Å². The first-order valence-electron chi connectivity index (χ1n) is 9.12. The molecule has 1 aromatic rings. The molecule has 0 radical (unpaired) electrons. The van der Waals surface area contributed by atoms with Gasteiger partial charge in [-0.3, -0.25) is 4.79 Å². The van der Waals surface area contributed by atoms with E-state index in [1.54, 1.807) is 11.6 Å². The van der Waals surface area contributed by atoms with Crippen LogP contribution in [-0.4, -0.2) is 67.1 Å². The number of aryl methyl sites for hydroxylation is 1. The Kier molecular flexibility index (Phi) is 7.32. The van der Waals surface area contributed by atoms with E-state index in [0.717, 1.165) is 12.8 Å².